The smallest absolute Gasteiger partial charge is 0.226 e. The van der Waals surface area contributed by atoms with Crippen molar-refractivity contribution in [2.75, 3.05) is 6.61 Å². The van der Waals surface area contributed by atoms with Gasteiger partial charge in [-0.05, 0) is 36.8 Å². The fraction of sp³-hybridized carbons (Fsp3) is 0.176. The molecule has 1 atom stereocenters. The van der Waals surface area contributed by atoms with Gasteiger partial charge in [0.1, 0.15) is 5.75 Å². The molecule has 2 aromatic rings. The van der Waals surface area contributed by atoms with Crippen molar-refractivity contribution in [3.05, 3.63) is 70.7 Å². The van der Waals surface area contributed by atoms with Crippen LogP contribution < -0.4 is 4.74 Å². The average Bonchev–Trinajstić information content (AvgIpc) is 2.48. The van der Waals surface area contributed by atoms with Crippen LogP contribution in [-0.4, -0.2) is 6.61 Å². The van der Waals surface area contributed by atoms with Crippen molar-refractivity contribution in [2.45, 2.75) is 13.2 Å². The molecule has 0 amide bonds. The molecule has 104 valence electrons. The van der Waals surface area contributed by atoms with Crippen molar-refractivity contribution in [3.8, 4) is 5.75 Å². The number of hydrogen-bond donors (Lipinski definition) is 0. The van der Waals surface area contributed by atoms with Crippen LogP contribution in [0.3, 0.4) is 0 Å². The monoisotopic (exact) mass is 332 g/mol. The largest absolute Gasteiger partial charge is 0.461 e. The van der Waals surface area contributed by atoms with Crippen molar-refractivity contribution in [1.29, 1.82) is 0 Å². The Labute approximate surface area is 128 Å². The van der Waals surface area contributed by atoms with Crippen molar-refractivity contribution < 1.29 is 9.47 Å². The summed E-state index contributed by atoms with van der Waals surface area (Å²) in [5, 5.41) is 0. The molecular weight excluding hydrogens is 316 g/mol. The number of hydrogen-bond acceptors (Lipinski definition) is 2. The Hall–Kier alpha value is -1.58. The lowest BCUT2D eigenvalue weighted by Gasteiger charge is -2.19. The molecule has 0 saturated carbocycles. The zero-order valence-electron chi connectivity index (χ0n) is 11.4. The molecule has 0 bridgehead atoms. The summed E-state index contributed by atoms with van der Waals surface area (Å²) < 4.78 is 12.6. The maximum absolute atomic E-state index is 5.91. The lowest BCUT2D eigenvalue weighted by Crippen LogP contribution is -2.11. The molecule has 1 unspecified atom stereocenters. The van der Waals surface area contributed by atoms with Crippen molar-refractivity contribution in [2.24, 2.45) is 0 Å². The van der Waals surface area contributed by atoms with E-state index in [1.807, 2.05) is 55.5 Å². The molecular formula is C17H17BrO2. The highest BCUT2D eigenvalue weighted by Crippen LogP contribution is 2.25. The summed E-state index contributed by atoms with van der Waals surface area (Å²) in [5.41, 5.74) is 2.05. The Bertz CT molecular complexity index is 546. The maximum atomic E-state index is 5.91. The average molecular weight is 333 g/mol. The molecule has 20 heavy (non-hydrogen) atoms. The molecule has 0 aliphatic heterocycles. The van der Waals surface area contributed by atoms with Gasteiger partial charge < -0.3 is 9.47 Å². The first-order valence-electron chi connectivity index (χ1n) is 6.49. The first-order valence-corrected chi connectivity index (χ1v) is 7.28. The van der Waals surface area contributed by atoms with Gasteiger partial charge in [0.15, 0.2) is 0 Å². The van der Waals surface area contributed by atoms with Crippen molar-refractivity contribution in [3.63, 3.8) is 0 Å². The molecule has 2 nitrogen and oxygen atoms in total. The van der Waals surface area contributed by atoms with Gasteiger partial charge in [-0.3, -0.25) is 0 Å². The quantitative estimate of drug-likeness (QED) is 0.676. The van der Waals surface area contributed by atoms with E-state index in [9.17, 15) is 0 Å². The zero-order valence-corrected chi connectivity index (χ0v) is 13.0. The number of halogens is 1. The Morgan fingerprint density at radius 1 is 1.10 bits per heavy atom. The third kappa shape index (κ3) is 3.95. The van der Waals surface area contributed by atoms with Crippen LogP contribution in [0.15, 0.2) is 59.6 Å². The van der Waals surface area contributed by atoms with Gasteiger partial charge >= 0.3 is 0 Å². The second-order valence-corrected chi connectivity index (χ2v) is 5.15. The van der Waals surface area contributed by atoms with Gasteiger partial charge in [0.05, 0.1) is 0 Å². The minimum atomic E-state index is -0.400. The highest BCUT2D eigenvalue weighted by molar-refractivity contribution is 9.10. The van der Waals surface area contributed by atoms with Gasteiger partial charge in [-0.2, -0.15) is 0 Å². The van der Waals surface area contributed by atoms with Crippen LogP contribution in [0.1, 0.15) is 24.3 Å². The Kier molecular flexibility index (Phi) is 5.39. The summed E-state index contributed by atoms with van der Waals surface area (Å²) in [7, 11) is 0. The van der Waals surface area contributed by atoms with E-state index in [0.717, 1.165) is 21.3 Å². The van der Waals surface area contributed by atoms with Gasteiger partial charge in [-0.15, -0.1) is 0 Å². The lowest BCUT2D eigenvalue weighted by molar-refractivity contribution is -0.0786. The summed E-state index contributed by atoms with van der Waals surface area (Å²) in [6.07, 6.45) is 1.40. The maximum Gasteiger partial charge on any atom is 0.226 e. The second-order valence-electron chi connectivity index (χ2n) is 4.23. The van der Waals surface area contributed by atoms with E-state index in [-0.39, 0.29) is 0 Å². The molecule has 0 radical (unpaired) electrons. The molecule has 0 N–H and O–H groups in total. The highest BCUT2D eigenvalue weighted by atomic mass is 79.9. The lowest BCUT2D eigenvalue weighted by atomic mass is 10.2. The fourth-order valence-corrected chi connectivity index (χ4v) is 2.04. The summed E-state index contributed by atoms with van der Waals surface area (Å²) in [4.78, 5) is 0. The Morgan fingerprint density at radius 2 is 1.75 bits per heavy atom. The second kappa shape index (κ2) is 7.27. The fourth-order valence-electron chi connectivity index (χ4n) is 1.78. The normalized spacial score (nSPS) is 11.9. The van der Waals surface area contributed by atoms with Gasteiger partial charge in [0, 0.05) is 16.6 Å². The van der Waals surface area contributed by atoms with Gasteiger partial charge in [-0.25, -0.2) is 0 Å². The minimum Gasteiger partial charge on any atom is -0.461 e. The predicted octanol–water partition coefficient (Wildman–Crippen LogP) is 5.21. The molecule has 0 aliphatic rings. The zero-order chi connectivity index (χ0) is 14.4. The third-order valence-corrected chi connectivity index (χ3v) is 3.35. The first kappa shape index (κ1) is 14.8. The molecule has 0 fully saturated rings. The topological polar surface area (TPSA) is 18.5 Å². The van der Waals surface area contributed by atoms with Crippen LogP contribution in [-0.2, 0) is 4.74 Å². The molecule has 0 spiro atoms. The summed E-state index contributed by atoms with van der Waals surface area (Å²) in [6.45, 7) is 6.28. The summed E-state index contributed by atoms with van der Waals surface area (Å²) in [6, 6.07) is 15.7. The molecule has 0 aromatic heterocycles. The van der Waals surface area contributed by atoms with E-state index < -0.39 is 6.29 Å². The number of rotatable bonds is 6. The minimum absolute atomic E-state index is 0.400. The van der Waals surface area contributed by atoms with Crippen LogP contribution in [0, 0.1) is 0 Å². The first-order chi connectivity index (χ1) is 9.72. The van der Waals surface area contributed by atoms with E-state index >= 15 is 0 Å². The van der Waals surface area contributed by atoms with Gasteiger partial charge in [-0.1, -0.05) is 52.9 Å². The van der Waals surface area contributed by atoms with Crippen LogP contribution >= 0.6 is 15.9 Å². The van der Waals surface area contributed by atoms with Crippen LogP contribution in [0.25, 0.3) is 6.08 Å². The van der Waals surface area contributed by atoms with E-state index in [4.69, 9.17) is 9.47 Å². The van der Waals surface area contributed by atoms with Crippen LogP contribution in [0.2, 0.25) is 0 Å². The predicted molar refractivity (Wildman–Crippen MR) is 85.7 cm³/mol. The Morgan fingerprint density at radius 3 is 2.30 bits per heavy atom. The molecule has 2 rings (SSSR count). The summed E-state index contributed by atoms with van der Waals surface area (Å²) in [5.74, 6) is 0.775. The molecule has 2 aromatic carbocycles. The van der Waals surface area contributed by atoms with Crippen LogP contribution in [0.4, 0.5) is 0 Å². The van der Waals surface area contributed by atoms with E-state index in [1.165, 1.54) is 0 Å². The van der Waals surface area contributed by atoms with Crippen molar-refractivity contribution >= 4 is 22.0 Å². The number of benzene rings is 2. The standard InChI is InChI=1S/C17H17BrO2/c1-3-13-5-11-16(12-6-13)20-17(19-4-2)14-7-9-15(18)10-8-14/h3,5-12,17H,1,4H2,2H3. The van der Waals surface area contributed by atoms with E-state index in [0.29, 0.717) is 6.61 Å². The third-order valence-electron chi connectivity index (χ3n) is 2.82. The highest BCUT2D eigenvalue weighted by Gasteiger charge is 2.13. The van der Waals surface area contributed by atoms with E-state index in [2.05, 4.69) is 22.5 Å². The molecule has 0 aliphatic carbocycles. The Balaban J connectivity index is 2.15. The SMILES string of the molecule is C=Cc1ccc(OC(OCC)c2ccc(Br)cc2)cc1. The number of ether oxygens (including phenoxy) is 2. The van der Waals surface area contributed by atoms with Gasteiger partial charge in [0.2, 0.25) is 6.29 Å². The van der Waals surface area contributed by atoms with E-state index in [1.54, 1.807) is 6.08 Å². The molecule has 3 heteroatoms. The van der Waals surface area contributed by atoms with Crippen molar-refractivity contribution in [1.82, 2.24) is 0 Å². The van der Waals surface area contributed by atoms with Crippen LogP contribution in [0.5, 0.6) is 5.75 Å². The molecule has 0 saturated heterocycles. The van der Waals surface area contributed by atoms with Gasteiger partial charge in [0.25, 0.3) is 0 Å². The molecule has 0 heterocycles. The summed E-state index contributed by atoms with van der Waals surface area (Å²) >= 11 is 3.43.